The van der Waals surface area contributed by atoms with E-state index < -0.39 is 27.0 Å². The van der Waals surface area contributed by atoms with Crippen LogP contribution in [0.15, 0.2) is 24.5 Å². The minimum absolute atomic E-state index is 0.231. The molecular weight excluding hydrogens is 326 g/mol. The van der Waals surface area contributed by atoms with Crippen LogP contribution >= 0.6 is 0 Å². The Balaban J connectivity index is 0.000000361. The van der Waals surface area contributed by atoms with Gasteiger partial charge in [-0.3, -0.25) is 14.1 Å². The molecule has 0 aromatic carbocycles. The lowest BCUT2D eigenvalue weighted by molar-refractivity contribution is -0.105. The van der Waals surface area contributed by atoms with Gasteiger partial charge in [0.05, 0.1) is 6.20 Å². The Morgan fingerprint density at radius 2 is 1.60 bits per heavy atom. The molecule has 0 atom stereocenters. The highest BCUT2D eigenvalue weighted by molar-refractivity contribution is 7.83. The van der Waals surface area contributed by atoms with Gasteiger partial charge in [-0.05, 0) is 12.1 Å². The van der Waals surface area contributed by atoms with Crippen LogP contribution in [0.5, 0.6) is 5.75 Å². The van der Waals surface area contributed by atoms with Gasteiger partial charge in [-0.1, -0.05) is 8.67 Å². The molecule has 14 heteroatoms. The van der Waals surface area contributed by atoms with Crippen molar-refractivity contribution in [1.82, 2.24) is 4.98 Å². The zero-order valence-corrected chi connectivity index (χ0v) is 10.8. The van der Waals surface area contributed by atoms with Gasteiger partial charge in [-0.15, -0.1) is 0 Å². The molecule has 0 aliphatic carbocycles. The molecule has 20 heavy (non-hydrogen) atoms. The minimum atomic E-state index is -5.02. The lowest BCUT2D eigenvalue weighted by atomic mass is 10.5. The van der Waals surface area contributed by atoms with Gasteiger partial charge in [-0.25, -0.2) is 4.79 Å². The summed E-state index contributed by atoms with van der Waals surface area (Å²) in [6.07, 6.45) is 1.54. The molecule has 0 unspecified atom stereocenters. The summed E-state index contributed by atoms with van der Waals surface area (Å²) >= 11 is 0. The predicted molar refractivity (Wildman–Crippen MR) is 58.2 cm³/mol. The van der Waals surface area contributed by atoms with Gasteiger partial charge in [0.2, 0.25) is 0 Å². The molecule has 0 fully saturated rings. The molecule has 3 N–H and O–H groups in total. The monoisotopic (exact) mass is 333 g/mol. The first kappa shape index (κ1) is 18.2. The van der Waals surface area contributed by atoms with Crippen molar-refractivity contribution in [3.63, 3.8) is 0 Å². The van der Waals surface area contributed by atoms with E-state index in [9.17, 15) is 21.6 Å². The second-order valence-electron chi connectivity index (χ2n) is 2.55. The van der Waals surface area contributed by atoms with Crippen molar-refractivity contribution >= 4 is 27.0 Å². The van der Waals surface area contributed by atoms with Crippen molar-refractivity contribution in [2.24, 2.45) is 0 Å². The van der Waals surface area contributed by atoms with E-state index in [2.05, 4.69) is 18.4 Å². The van der Waals surface area contributed by atoms with Crippen LogP contribution in [-0.4, -0.2) is 42.2 Å². The van der Waals surface area contributed by atoms with E-state index in [1.807, 2.05) is 0 Å². The van der Waals surface area contributed by atoms with Gasteiger partial charge in [0, 0.05) is 6.20 Å². The minimum Gasteiger partial charge on any atom is -0.449 e. The Bertz CT molecular complexity index is 590. The number of hydrogen-bond donors (Lipinski definition) is 3. The Morgan fingerprint density at radius 1 is 1.10 bits per heavy atom. The van der Waals surface area contributed by atoms with Gasteiger partial charge in [0.25, 0.3) is 0 Å². The fourth-order valence-corrected chi connectivity index (χ4v) is 1.14. The van der Waals surface area contributed by atoms with Crippen molar-refractivity contribution in [2.75, 3.05) is 0 Å². The van der Waals surface area contributed by atoms with Crippen molar-refractivity contribution in [3.05, 3.63) is 24.5 Å². The molecule has 0 aliphatic heterocycles. The molecule has 12 nitrogen and oxygen atoms in total. The molecule has 0 aliphatic rings. The molecule has 0 saturated carbocycles. The van der Waals surface area contributed by atoms with Crippen molar-refractivity contribution in [2.45, 2.75) is 0 Å². The molecule has 0 saturated heterocycles. The van der Waals surface area contributed by atoms with E-state index in [0.29, 0.717) is 0 Å². The van der Waals surface area contributed by atoms with Crippen molar-refractivity contribution < 1.29 is 49.2 Å². The standard InChI is InChI=1S/C6H5NO3.H2O8S2/c8-6(9)10-5-2-1-3-7-4-5;1-9(2,3)7-8-10(4,5)6/h1-4H,(H,8,9);(H,1,2,3)(H,4,5,6). The van der Waals surface area contributed by atoms with Crippen LogP contribution < -0.4 is 4.74 Å². The molecule has 0 radical (unpaired) electrons. The maximum Gasteiger partial charge on any atom is 0.511 e. The van der Waals surface area contributed by atoms with Crippen LogP contribution in [0.25, 0.3) is 0 Å². The fraction of sp³-hybridized carbons (Fsp3) is 0. The van der Waals surface area contributed by atoms with Gasteiger partial charge >= 0.3 is 27.0 Å². The molecule has 1 rings (SSSR count). The van der Waals surface area contributed by atoms with E-state index in [4.69, 9.17) is 14.2 Å². The van der Waals surface area contributed by atoms with E-state index >= 15 is 0 Å². The number of pyridine rings is 1. The Labute approximate surface area is 112 Å². The highest BCUT2D eigenvalue weighted by Crippen LogP contribution is 2.05. The number of ether oxygens (including phenoxy) is 1. The summed E-state index contributed by atoms with van der Waals surface area (Å²) in [4.78, 5) is 13.6. The quantitative estimate of drug-likeness (QED) is 0.282. The summed E-state index contributed by atoms with van der Waals surface area (Å²) < 4.78 is 63.1. The normalized spacial score (nSPS) is 11.1. The topological polar surface area (TPSA) is 187 Å². The van der Waals surface area contributed by atoms with E-state index in [-0.39, 0.29) is 5.75 Å². The number of nitrogens with zero attached hydrogens (tertiary/aromatic N) is 1. The summed E-state index contributed by atoms with van der Waals surface area (Å²) in [5.74, 6) is 0.231. The second-order valence-corrected chi connectivity index (χ2v) is 4.53. The molecule has 114 valence electrons. The lowest BCUT2D eigenvalue weighted by Crippen LogP contribution is -2.10. The lowest BCUT2D eigenvalue weighted by Gasteiger charge is -1.94. The van der Waals surface area contributed by atoms with E-state index in [1.54, 1.807) is 6.07 Å². The number of aromatic nitrogens is 1. The fourth-order valence-electron chi connectivity index (χ4n) is 0.578. The van der Waals surface area contributed by atoms with Crippen LogP contribution in [0.1, 0.15) is 0 Å². The number of carboxylic acid groups (broad SMARTS) is 1. The van der Waals surface area contributed by atoms with Crippen molar-refractivity contribution in [1.29, 1.82) is 0 Å². The highest BCUT2D eigenvalue weighted by Gasteiger charge is 2.13. The van der Waals surface area contributed by atoms with E-state index in [1.165, 1.54) is 18.5 Å². The maximum absolute atomic E-state index is 9.92. The highest BCUT2D eigenvalue weighted by atomic mass is 32.3. The van der Waals surface area contributed by atoms with Crippen LogP contribution in [0.3, 0.4) is 0 Å². The zero-order chi connectivity index (χ0) is 15.8. The summed E-state index contributed by atoms with van der Waals surface area (Å²) in [6, 6.07) is 3.11. The van der Waals surface area contributed by atoms with Gasteiger partial charge in [0.1, 0.15) is 0 Å². The summed E-state index contributed by atoms with van der Waals surface area (Å²) in [6.45, 7) is 0. The molecule has 1 aromatic rings. The molecule has 1 heterocycles. The summed E-state index contributed by atoms with van der Waals surface area (Å²) in [5.41, 5.74) is 0. The number of carbonyl (C=O) groups is 1. The van der Waals surface area contributed by atoms with Crippen molar-refractivity contribution in [3.8, 4) is 5.75 Å². The molecular formula is C6H7NO11S2. The zero-order valence-electron chi connectivity index (χ0n) is 9.18. The first-order valence-corrected chi connectivity index (χ1v) is 6.86. The Morgan fingerprint density at radius 3 is 1.90 bits per heavy atom. The molecule has 1 aromatic heterocycles. The summed E-state index contributed by atoms with van der Waals surface area (Å²) in [5, 5.41) is 8.12. The van der Waals surface area contributed by atoms with Gasteiger partial charge < -0.3 is 9.84 Å². The van der Waals surface area contributed by atoms with Crippen LogP contribution in [0.4, 0.5) is 4.79 Å². The number of rotatable bonds is 4. The first-order chi connectivity index (χ1) is 8.99. The third-order valence-corrected chi connectivity index (χ3v) is 1.61. The third kappa shape index (κ3) is 12.6. The van der Waals surface area contributed by atoms with Crippen LogP contribution in [0, 0.1) is 0 Å². The second kappa shape index (κ2) is 7.68. The first-order valence-electron chi connectivity index (χ1n) is 4.13. The van der Waals surface area contributed by atoms with Crippen LogP contribution in [0.2, 0.25) is 0 Å². The Kier molecular flexibility index (Phi) is 6.97. The van der Waals surface area contributed by atoms with Gasteiger partial charge in [-0.2, -0.15) is 16.8 Å². The molecule has 0 bridgehead atoms. The predicted octanol–water partition coefficient (Wildman–Crippen LogP) is -0.321. The third-order valence-electron chi connectivity index (χ3n) is 1.04. The molecule has 0 spiro atoms. The smallest absolute Gasteiger partial charge is 0.449 e. The van der Waals surface area contributed by atoms with Crippen LogP contribution in [-0.2, 0) is 29.5 Å². The average Bonchev–Trinajstić information content (AvgIpc) is 2.26. The number of hydrogen-bond acceptors (Lipinski definition) is 9. The summed E-state index contributed by atoms with van der Waals surface area (Å²) in [7, 11) is -10.0. The molecule has 0 amide bonds. The average molecular weight is 333 g/mol. The Hall–Kier alpha value is -1.84. The SMILES string of the molecule is O=C(O)Oc1cccnc1.O=S(=O)(O)OOS(=O)(=O)O. The van der Waals surface area contributed by atoms with Gasteiger partial charge in [0.15, 0.2) is 5.75 Å². The van der Waals surface area contributed by atoms with E-state index in [0.717, 1.165) is 0 Å². The largest absolute Gasteiger partial charge is 0.511 e. The maximum atomic E-state index is 9.92.